The van der Waals surface area contributed by atoms with Crippen LogP contribution in [0, 0.1) is 23.1 Å². The third-order valence-corrected chi connectivity index (χ3v) is 6.82. The summed E-state index contributed by atoms with van der Waals surface area (Å²) >= 11 is 0.972. The van der Waals surface area contributed by atoms with Crippen LogP contribution in [0.25, 0.3) is 11.3 Å². The highest BCUT2D eigenvalue weighted by molar-refractivity contribution is 7.14. The maximum atomic E-state index is 14.2. The second kappa shape index (κ2) is 7.02. The van der Waals surface area contributed by atoms with E-state index >= 15 is 0 Å². The molecule has 3 atom stereocenters. The lowest BCUT2D eigenvalue weighted by Crippen LogP contribution is -2.61. The van der Waals surface area contributed by atoms with Gasteiger partial charge in [0.2, 0.25) is 5.13 Å². The van der Waals surface area contributed by atoms with E-state index in [0.29, 0.717) is 28.4 Å². The van der Waals surface area contributed by atoms with Crippen LogP contribution in [0.3, 0.4) is 0 Å². The van der Waals surface area contributed by atoms with Gasteiger partial charge in [0.1, 0.15) is 5.82 Å². The summed E-state index contributed by atoms with van der Waals surface area (Å²) in [5.74, 6) is -1.70. The molecule has 0 spiro atoms. The Labute approximate surface area is 176 Å². The molecule has 0 bridgehead atoms. The van der Waals surface area contributed by atoms with Gasteiger partial charge in [0, 0.05) is 16.9 Å². The summed E-state index contributed by atoms with van der Waals surface area (Å²) in [6.45, 7) is 5.94. The molecule has 1 fully saturated rings. The van der Waals surface area contributed by atoms with Crippen molar-refractivity contribution in [1.29, 1.82) is 0 Å². The minimum absolute atomic E-state index is 0.0382. The van der Waals surface area contributed by atoms with Gasteiger partial charge in [-0.1, -0.05) is 27.2 Å². The maximum Gasteiger partial charge on any atom is 0.439 e. The number of hydrogen-bond donors (Lipinski definition) is 1. The number of benzene rings is 1. The molecule has 1 aliphatic heterocycles. The number of nitrogens with zero attached hydrogens (tertiary/aromatic N) is 3. The quantitative estimate of drug-likeness (QED) is 0.596. The van der Waals surface area contributed by atoms with Crippen molar-refractivity contribution in [1.82, 2.24) is 4.98 Å². The average Bonchev–Trinajstić information content (AvgIpc) is 3.25. The van der Waals surface area contributed by atoms with Crippen LogP contribution in [0.1, 0.15) is 40.0 Å². The molecular weight excluding hydrogens is 418 g/mol. The highest BCUT2D eigenvalue weighted by atomic mass is 32.1. The van der Waals surface area contributed by atoms with Crippen molar-refractivity contribution in [2.75, 3.05) is 5.01 Å². The van der Waals surface area contributed by atoms with Gasteiger partial charge in [-0.3, -0.25) is 0 Å². The van der Waals surface area contributed by atoms with E-state index in [4.69, 9.17) is 0 Å². The van der Waals surface area contributed by atoms with Gasteiger partial charge in [-0.2, -0.15) is 23.3 Å². The van der Waals surface area contributed by atoms with Crippen molar-refractivity contribution in [3.8, 4) is 11.3 Å². The van der Waals surface area contributed by atoms with Crippen LogP contribution in [0.4, 0.5) is 22.7 Å². The second-order valence-electron chi connectivity index (χ2n) is 8.98. The molecule has 2 heterocycles. The number of fused-ring (bicyclic) bond motifs is 1. The molecule has 1 aromatic carbocycles. The van der Waals surface area contributed by atoms with Gasteiger partial charge in [0.15, 0.2) is 0 Å². The normalized spacial score (nSPS) is 27.2. The Morgan fingerprint density at radius 2 is 1.80 bits per heavy atom. The summed E-state index contributed by atoms with van der Waals surface area (Å²) in [7, 11) is 0. The summed E-state index contributed by atoms with van der Waals surface area (Å²) in [6, 6.07) is 5.54. The predicted octanol–water partition coefficient (Wildman–Crippen LogP) is 5.84. The smallest absolute Gasteiger partial charge is 0.362 e. The van der Waals surface area contributed by atoms with Crippen molar-refractivity contribution in [3.05, 3.63) is 35.5 Å². The van der Waals surface area contributed by atoms with Crippen LogP contribution < -0.4 is 5.01 Å². The van der Waals surface area contributed by atoms with Crippen molar-refractivity contribution in [3.63, 3.8) is 0 Å². The third-order valence-electron chi connectivity index (χ3n) is 6.00. The highest BCUT2D eigenvalue weighted by Crippen LogP contribution is 2.53. The topological polar surface area (TPSA) is 48.7 Å². The molecule has 4 nitrogen and oxygen atoms in total. The van der Waals surface area contributed by atoms with E-state index in [-0.39, 0.29) is 22.9 Å². The fourth-order valence-electron chi connectivity index (χ4n) is 4.45. The van der Waals surface area contributed by atoms with Gasteiger partial charge in [0.05, 0.1) is 17.3 Å². The lowest BCUT2D eigenvalue weighted by atomic mass is 9.66. The Morgan fingerprint density at radius 1 is 1.13 bits per heavy atom. The van der Waals surface area contributed by atoms with E-state index in [9.17, 15) is 22.7 Å². The molecule has 30 heavy (non-hydrogen) atoms. The number of alkyl halides is 3. The van der Waals surface area contributed by atoms with E-state index in [1.54, 1.807) is 5.38 Å². The largest absolute Gasteiger partial charge is 0.439 e. The van der Waals surface area contributed by atoms with Crippen LogP contribution in [-0.4, -0.2) is 27.7 Å². The molecule has 1 aliphatic carbocycles. The van der Waals surface area contributed by atoms with Crippen LogP contribution in [0.5, 0.6) is 0 Å². The standard InChI is InChI=1S/C21H23F4N3OS/c1-19(2,3)14-5-4-6-15-17(14)27-28(20(15,29)21(23,24)25)18-26-16(11-30-18)12-7-9-13(22)10-8-12/h7-11,14-15,29H,4-6H2,1-3H3/t14-,15+,20-/m1/s1. The molecule has 0 saturated heterocycles. The van der Waals surface area contributed by atoms with Crippen LogP contribution in [0.15, 0.2) is 34.7 Å². The zero-order valence-electron chi connectivity index (χ0n) is 16.9. The first-order chi connectivity index (χ1) is 13.9. The summed E-state index contributed by atoms with van der Waals surface area (Å²) in [5, 5.41) is 17.6. The molecule has 1 N–H and O–H groups in total. The monoisotopic (exact) mass is 441 g/mol. The molecule has 2 aliphatic rings. The molecule has 1 aromatic heterocycles. The second-order valence-corrected chi connectivity index (χ2v) is 9.82. The Bertz CT molecular complexity index is 964. The lowest BCUT2D eigenvalue weighted by Gasteiger charge is -2.41. The summed E-state index contributed by atoms with van der Waals surface area (Å²) in [4.78, 5) is 4.30. The van der Waals surface area contributed by atoms with Crippen LogP contribution in [0.2, 0.25) is 0 Å². The summed E-state index contributed by atoms with van der Waals surface area (Å²) < 4.78 is 55.8. The first-order valence-electron chi connectivity index (χ1n) is 9.82. The molecular formula is C21H23F4N3OS. The summed E-state index contributed by atoms with van der Waals surface area (Å²) in [5.41, 5.74) is -2.04. The lowest BCUT2D eigenvalue weighted by molar-refractivity contribution is -0.269. The third kappa shape index (κ3) is 3.32. The number of thiazole rings is 1. The average molecular weight is 441 g/mol. The van der Waals surface area contributed by atoms with E-state index in [2.05, 4.69) is 10.1 Å². The Kier molecular flexibility index (Phi) is 4.97. The number of anilines is 1. The molecule has 4 rings (SSSR count). The number of halogens is 4. The molecule has 0 radical (unpaired) electrons. The van der Waals surface area contributed by atoms with Gasteiger partial charge < -0.3 is 5.11 Å². The Balaban J connectivity index is 1.79. The van der Waals surface area contributed by atoms with E-state index < -0.39 is 23.6 Å². The Morgan fingerprint density at radius 3 is 2.40 bits per heavy atom. The van der Waals surface area contributed by atoms with Gasteiger partial charge in [-0.05, 0) is 42.5 Å². The van der Waals surface area contributed by atoms with Crippen molar-refractivity contribution in [2.45, 2.75) is 51.9 Å². The number of aliphatic hydroxyl groups is 1. The molecule has 0 amide bonds. The van der Waals surface area contributed by atoms with E-state index in [1.807, 2.05) is 20.8 Å². The Hall–Kier alpha value is -2.00. The van der Waals surface area contributed by atoms with Gasteiger partial charge in [-0.25, -0.2) is 9.37 Å². The SMILES string of the molecule is CC(C)(C)[C@@H]1CCC[C@H]2C1=NN(c1nc(-c3ccc(F)cc3)cs1)[C@]2(O)C(F)(F)F. The zero-order valence-corrected chi connectivity index (χ0v) is 17.7. The number of hydrogen-bond acceptors (Lipinski definition) is 5. The zero-order chi connectivity index (χ0) is 21.9. The van der Waals surface area contributed by atoms with Crippen molar-refractivity contribution < 1.29 is 22.7 Å². The number of aromatic nitrogens is 1. The minimum Gasteiger partial charge on any atom is -0.362 e. The van der Waals surface area contributed by atoms with Crippen molar-refractivity contribution in [2.24, 2.45) is 22.4 Å². The van der Waals surface area contributed by atoms with Gasteiger partial charge in [-0.15, -0.1) is 11.3 Å². The molecule has 1 saturated carbocycles. The van der Waals surface area contributed by atoms with E-state index in [0.717, 1.165) is 17.8 Å². The minimum atomic E-state index is -4.91. The summed E-state index contributed by atoms with van der Waals surface area (Å²) in [6.07, 6.45) is -3.37. The van der Waals surface area contributed by atoms with Crippen LogP contribution >= 0.6 is 11.3 Å². The molecule has 9 heteroatoms. The number of rotatable bonds is 2. The molecule has 162 valence electrons. The van der Waals surface area contributed by atoms with Gasteiger partial charge in [0.25, 0.3) is 5.72 Å². The van der Waals surface area contributed by atoms with E-state index in [1.165, 1.54) is 24.3 Å². The number of hydrazone groups is 1. The van der Waals surface area contributed by atoms with Crippen molar-refractivity contribution >= 4 is 22.2 Å². The maximum absolute atomic E-state index is 14.2. The first-order valence-corrected chi connectivity index (χ1v) is 10.7. The predicted molar refractivity (Wildman–Crippen MR) is 109 cm³/mol. The van der Waals surface area contributed by atoms with Gasteiger partial charge >= 0.3 is 6.18 Å². The molecule has 0 unspecified atom stereocenters. The highest BCUT2D eigenvalue weighted by Gasteiger charge is 2.69. The van der Waals surface area contributed by atoms with Crippen LogP contribution in [-0.2, 0) is 0 Å². The fraction of sp³-hybridized carbons (Fsp3) is 0.524. The molecule has 2 aromatic rings. The fourth-order valence-corrected chi connectivity index (χ4v) is 5.29. The first kappa shape index (κ1) is 21.2.